The summed E-state index contributed by atoms with van der Waals surface area (Å²) >= 11 is 5.93. The van der Waals surface area contributed by atoms with E-state index in [9.17, 15) is 9.90 Å². The Bertz CT molecular complexity index is 506. The van der Waals surface area contributed by atoms with E-state index in [1.807, 2.05) is 0 Å². The zero-order valence-corrected chi connectivity index (χ0v) is 7.95. The van der Waals surface area contributed by atoms with Crippen LogP contribution in [-0.2, 0) is 0 Å². The molecule has 0 aromatic heterocycles. The van der Waals surface area contributed by atoms with Crippen molar-refractivity contribution in [2.24, 2.45) is 0 Å². The number of phenolic OH excluding ortho intramolecular Hbond substituents is 1. The number of fused-ring (bicyclic) bond motifs is 1. The molecule has 0 heterocycles. The van der Waals surface area contributed by atoms with Crippen molar-refractivity contribution in [3.63, 3.8) is 0 Å². The van der Waals surface area contributed by atoms with Gasteiger partial charge in [0.2, 0.25) is 0 Å². The van der Waals surface area contributed by atoms with Gasteiger partial charge in [-0.1, -0.05) is 23.7 Å². The van der Waals surface area contributed by atoms with Crippen molar-refractivity contribution in [3.8, 4) is 5.75 Å². The van der Waals surface area contributed by atoms with E-state index in [0.29, 0.717) is 27.6 Å². The molecule has 1 N–H and O–H groups in total. The Hall–Kier alpha value is -1.54. The van der Waals surface area contributed by atoms with Crippen LogP contribution in [-0.4, -0.2) is 11.4 Å². The summed E-state index contributed by atoms with van der Waals surface area (Å²) in [6.07, 6.45) is 0.683. The molecule has 14 heavy (non-hydrogen) atoms. The lowest BCUT2D eigenvalue weighted by Gasteiger charge is -2.03. The number of aldehydes is 1. The second kappa shape index (κ2) is 3.31. The number of hydrogen-bond donors (Lipinski definition) is 1. The van der Waals surface area contributed by atoms with Crippen LogP contribution in [0.5, 0.6) is 5.75 Å². The van der Waals surface area contributed by atoms with Gasteiger partial charge in [0.15, 0.2) is 0 Å². The summed E-state index contributed by atoms with van der Waals surface area (Å²) in [6.45, 7) is 0. The summed E-state index contributed by atoms with van der Waals surface area (Å²) in [5, 5.41) is 11.5. The number of hydrogen-bond acceptors (Lipinski definition) is 2. The van der Waals surface area contributed by atoms with Crippen molar-refractivity contribution >= 4 is 28.7 Å². The highest BCUT2D eigenvalue weighted by Gasteiger charge is 2.04. The maximum Gasteiger partial charge on any atom is 0.150 e. The molecule has 0 fully saturated rings. The summed E-state index contributed by atoms with van der Waals surface area (Å²) < 4.78 is 0. The van der Waals surface area contributed by atoms with E-state index in [1.54, 1.807) is 24.3 Å². The summed E-state index contributed by atoms with van der Waals surface area (Å²) in [6, 6.07) is 8.31. The van der Waals surface area contributed by atoms with Crippen LogP contribution in [0.15, 0.2) is 30.3 Å². The topological polar surface area (TPSA) is 37.3 Å². The van der Waals surface area contributed by atoms with Gasteiger partial charge >= 0.3 is 0 Å². The van der Waals surface area contributed by atoms with Gasteiger partial charge in [-0.25, -0.2) is 0 Å². The van der Waals surface area contributed by atoms with Gasteiger partial charge in [-0.2, -0.15) is 0 Å². The maximum absolute atomic E-state index is 10.6. The average molecular weight is 207 g/mol. The van der Waals surface area contributed by atoms with Gasteiger partial charge in [0.25, 0.3) is 0 Å². The molecule has 2 nitrogen and oxygen atoms in total. The second-order valence-electron chi connectivity index (χ2n) is 2.99. The standard InChI is InChI=1S/C11H7ClO2/c12-10-3-1-2-8-9(10)4-7(6-13)5-11(8)14/h1-6,14H. The lowest BCUT2D eigenvalue weighted by molar-refractivity contribution is 0.112. The Morgan fingerprint density at radius 2 is 2.00 bits per heavy atom. The zero-order valence-electron chi connectivity index (χ0n) is 7.20. The van der Waals surface area contributed by atoms with Crippen LogP contribution in [0.2, 0.25) is 5.02 Å². The quantitative estimate of drug-likeness (QED) is 0.729. The summed E-state index contributed by atoms with van der Waals surface area (Å²) in [5.74, 6) is 0.0760. The van der Waals surface area contributed by atoms with Gasteiger partial charge < -0.3 is 5.11 Å². The van der Waals surface area contributed by atoms with E-state index in [-0.39, 0.29) is 5.75 Å². The molecular formula is C11H7ClO2. The lowest BCUT2D eigenvalue weighted by atomic mass is 10.1. The van der Waals surface area contributed by atoms with E-state index < -0.39 is 0 Å². The minimum atomic E-state index is 0.0760. The fraction of sp³-hybridized carbons (Fsp3) is 0. The van der Waals surface area contributed by atoms with Crippen LogP contribution in [0.25, 0.3) is 10.8 Å². The summed E-state index contributed by atoms with van der Waals surface area (Å²) in [5.41, 5.74) is 0.420. The molecule has 0 aliphatic carbocycles. The third-order valence-corrected chi connectivity index (χ3v) is 2.41. The van der Waals surface area contributed by atoms with Gasteiger partial charge in [-0.15, -0.1) is 0 Å². The van der Waals surface area contributed by atoms with E-state index in [2.05, 4.69) is 0 Å². The van der Waals surface area contributed by atoms with Crippen LogP contribution < -0.4 is 0 Å². The minimum absolute atomic E-state index is 0.0760. The SMILES string of the molecule is O=Cc1cc(O)c2cccc(Cl)c2c1. The molecule has 0 aliphatic rings. The van der Waals surface area contributed by atoms with Gasteiger partial charge in [-0.05, 0) is 18.2 Å². The minimum Gasteiger partial charge on any atom is -0.507 e. The van der Waals surface area contributed by atoms with E-state index in [1.165, 1.54) is 6.07 Å². The van der Waals surface area contributed by atoms with Crippen LogP contribution in [0.3, 0.4) is 0 Å². The molecule has 0 radical (unpaired) electrons. The van der Waals surface area contributed by atoms with Crippen molar-refractivity contribution < 1.29 is 9.90 Å². The lowest BCUT2D eigenvalue weighted by Crippen LogP contribution is -1.82. The average Bonchev–Trinajstić information content (AvgIpc) is 2.19. The molecule has 70 valence electrons. The van der Waals surface area contributed by atoms with Gasteiger partial charge in [0.05, 0.1) is 0 Å². The maximum atomic E-state index is 10.6. The van der Waals surface area contributed by atoms with E-state index >= 15 is 0 Å². The Balaban J connectivity index is 2.90. The van der Waals surface area contributed by atoms with Crippen molar-refractivity contribution in [3.05, 3.63) is 40.9 Å². The molecule has 3 heteroatoms. The van der Waals surface area contributed by atoms with E-state index in [4.69, 9.17) is 11.6 Å². The van der Waals surface area contributed by atoms with Gasteiger partial charge in [0, 0.05) is 21.4 Å². The molecule has 0 atom stereocenters. The number of carbonyl (C=O) groups excluding carboxylic acids is 1. The first-order valence-corrected chi connectivity index (χ1v) is 4.46. The molecule has 0 amide bonds. The first kappa shape index (κ1) is 9.03. The predicted molar refractivity (Wildman–Crippen MR) is 56.0 cm³/mol. The van der Waals surface area contributed by atoms with Crippen molar-refractivity contribution in [1.29, 1.82) is 0 Å². The second-order valence-corrected chi connectivity index (χ2v) is 3.40. The predicted octanol–water partition coefficient (Wildman–Crippen LogP) is 3.01. The van der Waals surface area contributed by atoms with Crippen LogP contribution >= 0.6 is 11.6 Å². The number of benzene rings is 2. The van der Waals surface area contributed by atoms with Crippen LogP contribution in [0, 0.1) is 0 Å². The Morgan fingerprint density at radius 3 is 2.71 bits per heavy atom. The molecule has 0 bridgehead atoms. The van der Waals surface area contributed by atoms with Crippen molar-refractivity contribution in [2.75, 3.05) is 0 Å². The Morgan fingerprint density at radius 1 is 1.21 bits per heavy atom. The summed E-state index contributed by atoms with van der Waals surface area (Å²) in [7, 11) is 0. The Kier molecular flexibility index (Phi) is 2.14. The first-order chi connectivity index (χ1) is 6.72. The van der Waals surface area contributed by atoms with Gasteiger partial charge in [0.1, 0.15) is 12.0 Å². The molecule has 0 saturated carbocycles. The Labute approximate surface area is 85.7 Å². The molecule has 2 aromatic rings. The largest absolute Gasteiger partial charge is 0.507 e. The molecule has 0 unspecified atom stereocenters. The number of aromatic hydroxyl groups is 1. The highest BCUT2D eigenvalue weighted by Crippen LogP contribution is 2.30. The zero-order chi connectivity index (χ0) is 10.1. The van der Waals surface area contributed by atoms with Crippen molar-refractivity contribution in [2.45, 2.75) is 0 Å². The first-order valence-electron chi connectivity index (χ1n) is 4.09. The molecule has 0 spiro atoms. The highest BCUT2D eigenvalue weighted by atomic mass is 35.5. The molecular weight excluding hydrogens is 200 g/mol. The number of carbonyl (C=O) groups is 1. The highest BCUT2D eigenvalue weighted by molar-refractivity contribution is 6.35. The number of rotatable bonds is 1. The molecule has 0 aliphatic heterocycles. The molecule has 0 saturated heterocycles. The third-order valence-electron chi connectivity index (χ3n) is 2.08. The molecule has 2 aromatic carbocycles. The smallest absolute Gasteiger partial charge is 0.150 e. The third kappa shape index (κ3) is 1.34. The van der Waals surface area contributed by atoms with Gasteiger partial charge in [-0.3, -0.25) is 4.79 Å². The fourth-order valence-corrected chi connectivity index (χ4v) is 1.65. The van der Waals surface area contributed by atoms with Crippen LogP contribution in [0.4, 0.5) is 0 Å². The van der Waals surface area contributed by atoms with Crippen LogP contribution in [0.1, 0.15) is 10.4 Å². The fourth-order valence-electron chi connectivity index (χ4n) is 1.42. The van der Waals surface area contributed by atoms with Crippen molar-refractivity contribution in [1.82, 2.24) is 0 Å². The number of halogens is 1. The summed E-state index contributed by atoms with van der Waals surface area (Å²) in [4.78, 5) is 10.6. The number of phenols is 1. The normalized spacial score (nSPS) is 10.4. The molecule has 2 rings (SSSR count). The van der Waals surface area contributed by atoms with E-state index in [0.717, 1.165) is 0 Å². The monoisotopic (exact) mass is 206 g/mol.